The quantitative estimate of drug-likeness (QED) is 0.0217. The number of ether oxygens (including phenoxy) is 2. The molecule has 2 atom stereocenters. The molecule has 0 aromatic carbocycles. The fourth-order valence-corrected chi connectivity index (χ4v) is 6.24. The number of rotatable bonds is 38. The predicted molar refractivity (Wildman–Crippen MR) is 220 cm³/mol. The summed E-state index contributed by atoms with van der Waals surface area (Å²) in [6.07, 6.45) is 39.0. The van der Waals surface area contributed by atoms with E-state index in [0.29, 0.717) is 17.4 Å². The van der Waals surface area contributed by atoms with Gasteiger partial charge in [-0.05, 0) is 64.2 Å². The third kappa shape index (κ3) is 39.7. The number of quaternary nitrogens is 1. The molecule has 0 aliphatic heterocycles. The largest absolute Gasteiger partial charge is 0.472 e. The molecule has 0 saturated carbocycles. The molecule has 0 amide bonds. The maximum absolute atomic E-state index is 12.7. The smallest absolute Gasteiger partial charge is 0.462 e. The van der Waals surface area contributed by atoms with Crippen LogP contribution < -0.4 is 0 Å². The van der Waals surface area contributed by atoms with Crippen molar-refractivity contribution in [1.82, 2.24) is 0 Å². The molecule has 53 heavy (non-hydrogen) atoms. The third-order valence-corrected chi connectivity index (χ3v) is 9.88. The molecule has 0 aliphatic rings. The predicted octanol–water partition coefficient (Wildman–Crippen LogP) is 11.7. The Morgan fingerprint density at radius 3 is 1.57 bits per heavy atom. The number of hydrogen-bond acceptors (Lipinski definition) is 7. The summed E-state index contributed by atoms with van der Waals surface area (Å²) in [6, 6.07) is 0. The first kappa shape index (κ1) is 51.2. The van der Waals surface area contributed by atoms with Crippen molar-refractivity contribution in [3.05, 3.63) is 36.5 Å². The minimum absolute atomic E-state index is 0.0275. The summed E-state index contributed by atoms with van der Waals surface area (Å²) in [7, 11) is 1.46. The van der Waals surface area contributed by atoms with Crippen LogP contribution in [0.15, 0.2) is 36.5 Å². The number of carbonyl (C=O) groups excluding carboxylic acids is 2. The fraction of sp³-hybridized carbons (Fsp3) is 0.814. The second-order valence-electron chi connectivity index (χ2n) is 15.4. The van der Waals surface area contributed by atoms with E-state index >= 15 is 0 Å². The molecular weight excluding hydrogens is 689 g/mol. The summed E-state index contributed by atoms with van der Waals surface area (Å²) in [5, 5.41) is 0. The zero-order valence-corrected chi connectivity index (χ0v) is 35.6. The lowest BCUT2D eigenvalue weighted by molar-refractivity contribution is -0.870. The Morgan fingerprint density at radius 1 is 0.585 bits per heavy atom. The summed E-state index contributed by atoms with van der Waals surface area (Å²) in [4.78, 5) is 35.3. The molecule has 1 unspecified atom stereocenters. The molecule has 0 aromatic rings. The van der Waals surface area contributed by atoms with Crippen LogP contribution in [0.4, 0.5) is 0 Å². The minimum Gasteiger partial charge on any atom is -0.462 e. The van der Waals surface area contributed by atoms with E-state index in [1.807, 2.05) is 21.1 Å². The first-order valence-electron chi connectivity index (χ1n) is 21.2. The highest BCUT2D eigenvalue weighted by Gasteiger charge is 2.27. The van der Waals surface area contributed by atoms with E-state index < -0.39 is 26.5 Å². The van der Waals surface area contributed by atoms with E-state index in [2.05, 4.69) is 50.3 Å². The molecule has 0 rings (SSSR count). The molecule has 0 aromatic heterocycles. The Kier molecular flexibility index (Phi) is 34.7. The lowest BCUT2D eigenvalue weighted by Crippen LogP contribution is -2.37. The highest BCUT2D eigenvalue weighted by Crippen LogP contribution is 2.43. The standard InChI is InChI=1S/C43H80NO8P/c1-6-8-10-12-14-16-18-20-22-24-26-28-30-32-34-36-43(46)52-41(40-51-53(47,48)50-38-37-44(3,4)5)39-49-42(45)35-33-31-29-27-25-23-21-19-17-15-13-11-9-7-2/h13,15,19-22,41H,6-12,14,16-18,23-40H2,1-5H3/p+1/b15-13-,21-19-,22-20-/t41-/m1/s1. The van der Waals surface area contributed by atoms with Crippen molar-refractivity contribution in [3.63, 3.8) is 0 Å². The molecule has 10 heteroatoms. The number of esters is 2. The highest BCUT2D eigenvalue weighted by atomic mass is 31.2. The van der Waals surface area contributed by atoms with Gasteiger partial charge < -0.3 is 18.9 Å². The Labute approximate surface area is 325 Å². The van der Waals surface area contributed by atoms with Crippen molar-refractivity contribution in [2.75, 3.05) is 47.5 Å². The van der Waals surface area contributed by atoms with Crippen LogP contribution in [0.5, 0.6) is 0 Å². The highest BCUT2D eigenvalue weighted by molar-refractivity contribution is 7.47. The van der Waals surface area contributed by atoms with Gasteiger partial charge >= 0.3 is 19.8 Å². The summed E-state index contributed by atoms with van der Waals surface area (Å²) in [5.41, 5.74) is 0. The number of likely N-dealkylation sites (N-methyl/N-ethyl adjacent to an activating group) is 1. The second kappa shape index (κ2) is 35.9. The van der Waals surface area contributed by atoms with E-state index in [1.54, 1.807) is 0 Å². The van der Waals surface area contributed by atoms with Gasteiger partial charge in [0.15, 0.2) is 6.10 Å². The van der Waals surface area contributed by atoms with Crippen LogP contribution in [0, 0.1) is 0 Å². The molecule has 9 nitrogen and oxygen atoms in total. The van der Waals surface area contributed by atoms with E-state index in [4.69, 9.17) is 18.5 Å². The number of nitrogens with zero attached hydrogens (tertiary/aromatic N) is 1. The summed E-state index contributed by atoms with van der Waals surface area (Å²) in [6.45, 7) is 4.34. The number of unbranched alkanes of at least 4 members (excludes halogenated alkanes) is 18. The van der Waals surface area contributed by atoms with Crippen LogP contribution in [0.25, 0.3) is 0 Å². The maximum atomic E-state index is 12.7. The summed E-state index contributed by atoms with van der Waals surface area (Å²) in [5.74, 6) is -0.825. The van der Waals surface area contributed by atoms with Crippen molar-refractivity contribution in [3.8, 4) is 0 Å². The van der Waals surface area contributed by atoms with Crippen LogP contribution in [0.2, 0.25) is 0 Å². The average Bonchev–Trinajstić information content (AvgIpc) is 3.10. The first-order valence-corrected chi connectivity index (χ1v) is 22.7. The SMILES string of the molecule is CCCC/C=C\C/C=C\CCCCCCCC(=O)OC[C@H](COP(=O)(O)OCC[N+](C)(C)C)OC(=O)CCCCCCC/C=C\CCCCCCCC. The van der Waals surface area contributed by atoms with E-state index in [1.165, 1.54) is 64.2 Å². The van der Waals surface area contributed by atoms with Crippen LogP contribution in [0.3, 0.4) is 0 Å². The first-order chi connectivity index (χ1) is 25.5. The average molecular weight is 771 g/mol. The van der Waals surface area contributed by atoms with Crippen molar-refractivity contribution >= 4 is 19.8 Å². The van der Waals surface area contributed by atoms with E-state index in [-0.39, 0.29) is 32.0 Å². The van der Waals surface area contributed by atoms with E-state index in [9.17, 15) is 19.0 Å². The summed E-state index contributed by atoms with van der Waals surface area (Å²) >= 11 is 0. The molecule has 0 radical (unpaired) electrons. The molecule has 0 spiro atoms. The van der Waals surface area contributed by atoms with Crippen LogP contribution >= 0.6 is 7.82 Å². The number of allylic oxidation sites excluding steroid dienone is 6. The van der Waals surface area contributed by atoms with Gasteiger partial charge in [-0.25, -0.2) is 4.57 Å². The summed E-state index contributed by atoms with van der Waals surface area (Å²) < 4.78 is 34.2. The molecular formula is C43H81NO8P+. The van der Waals surface area contributed by atoms with Crippen molar-refractivity contribution in [2.45, 2.75) is 180 Å². The van der Waals surface area contributed by atoms with Gasteiger partial charge in [0.05, 0.1) is 27.7 Å². The van der Waals surface area contributed by atoms with Crippen LogP contribution in [-0.2, 0) is 32.7 Å². The Hall–Kier alpha value is -1.77. The van der Waals surface area contributed by atoms with E-state index in [0.717, 1.165) is 77.0 Å². The number of phosphoric ester groups is 1. The zero-order chi connectivity index (χ0) is 39.3. The molecule has 0 saturated heterocycles. The van der Waals surface area contributed by atoms with Crippen molar-refractivity contribution < 1.29 is 42.1 Å². The Bertz CT molecular complexity index is 1010. The Balaban J connectivity index is 4.42. The third-order valence-electron chi connectivity index (χ3n) is 8.89. The molecule has 0 bridgehead atoms. The number of hydrogen-bond donors (Lipinski definition) is 1. The van der Waals surface area contributed by atoms with Crippen LogP contribution in [-0.4, -0.2) is 74.9 Å². The lowest BCUT2D eigenvalue weighted by atomic mass is 10.1. The zero-order valence-electron chi connectivity index (χ0n) is 34.7. The topological polar surface area (TPSA) is 108 Å². The molecule has 310 valence electrons. The van der Waals surface area contributed by atoms with Gasteiger partial charge in [-0.3, -0.25) is 18.6 Å². The monoisotopic (exact) mass is 771 g/mol. The van der Waals surface area contributed by atoms with Gasteiger partial charge in [0, 0.05) is 12.8 Å². The van der Waals surface area contributed by atoms with Crippen LogP contribution in [0.1, 0.15) is 174 Å². The second-order valence-corrected chi connectivity index (χ2v) is 16.8. The van der Waals surface area contributed by atoms with Gasteiger partial charge in [-0.1, -0.05) is 134 Å². The number of carbonyl (C=O) groups is 2. The minimum atomic E-state index is -4.38. The van der Waals surface area contributed by atoms with Gasteiger partial charge in [0.2, 0.25) is 0 Å². The fourth-order valence-electron chi connectivity index (χ4n) is 5.49. The molecule has 1 N–H and O–H groups in total. The lowest BCUT2D eigenvalue weighted by Gasteiger charge is -2.24. The number of phosphoric acid groups is 1. The molecule has 0 aliphatic carbocycles. The van der Waals surface area contributed by atoms with Gasteiger partial charge in [0.1, 0.15) is 19.8 Å². The van der Waals surface area contributed by atoms with Crippen molar-refractivity contribution in [2.24, 2.45) is 0 Å². The van der Waals surface area contributed by atoms with Crippen molar-refractivity contribution in [1.29, 1.82) is 0 Å². The van der Waals surface area contributed by atoms with Gasteiger partial charge in [-0.2, -0.15) is 0 Å². The maximum Gasteiger partial charge on any atom is 0.472 e. The molecule has 0 fully saturated rings. The van der Waals surface area contributed by atoms with Gasteiger partial charge in [-0.15, -0.1) is 0 Å². The normalized spacial score (nSPS) is 14.0. The Morgan fingerprint density at radius 2 is 1.04 bits per heavy atom. The van der Waals surface area contributed by atoms with Gasteiger partial charge in [0.25, 0.3) is 0 Å². The molecule has 0 heterocycles.